The molecule has 0 aromatic heterocycles. The second-order valence-electron chi connectivity index (χ2n) is 13.2. The second kappa shape index (κ2) is 26.6. The highest BCUT2D eigenvalue weighted by atomic mass is 19.1. The molecule has 1 aliphatic heterocycles. The maximum atomic E-state index is 13.8. The number of carbonyl (C=O) groups is 4. The number of carbonyl (C=O) groups excluding carboxylic acids is 4. The third-order valence-corrected chi connectivity index (χ3v) is 9.04. The van der Waals surface area contributed by atoms with Crippen molar-refractivity contribution < 1.29 is 38.1 Å². The summed E-state index contributed by atoms with van der Waals surface area (Å²) in [5.74, 6) is -1.61. The van der Waals surface area contributed by atoms with Crippen LogP contribution in [-0.2, 0) is 35.1 Å². The molecule has 0 bridgehead atoms. The molecule has 6 atom stereocenters. The van der Waals surface area contributed by atoms with E-state index in [9.17, 15) is 23.6 Å². The van der Waals surface area contributed by atoms with Gasteiger partial charge in [-0.1, -0.05) is 66.5 Å². The SMILES string of the molecule is CCC.CCC[C@@H](C(CC(=O)N1CCCC1C(OC)C(C)C(=O)NCCc1cccc(F)c1)OC)N(C)C(=O)CNC(=O)C(NC)C(C)C.CO. The van der Waals surface area contributed by atoms with Crippen molar-refractivity contribution in [2.45, 2.75) is 117 Å². The van der Waals surface area contributed by atoms with Gasteiger partial charge in [0.25, 0.3) is 0 Å². The zero-order valence-corrected chi connectivity index (χ0v) is 33.1. The molecule has 0 radical (unpaired) electrons. The van der Waals surface area contributed by atoms with Gasteiger partial charge < -0.3 is 40.3 Å². The van der Waals surface area contributed by atoms with Crippen molar-refractivity contribution in [3.63, 3.8) is 0 Å². The highest BCUT2D eigenvalue weighted by Crippen LogP contribution is 2.28. The van der Waals surface area contributed by atoms with Crippen molar-refractivity contribution in [1.29, 1.82) is 0 Å². The van der Waals surface area contributed by atoms with Crippen LogP contribution in [0, 0.1) is 17.7 Å². The lowest BCUT2D eigenvalue weighted by Gasteiger charge is -2.37. The van der Waals surface area contributed by atoms with Crippen LogP contribution >= 0.6 is 0 Å². The number of rotatable bonds is 19. The molecule has 5 unspecified atom stereocenters. The van der Waals surface area contributed by atoms with Crippen LogP contribution < -0.4 is 16.0 Å². The Balaban J connectivity index is 0.00000473. The van der Waals surface area contributed by atoms with E-state index in [1.165, 1.54) is 25.7 Å². The van der Waals surface area contributed by atoms with Gasteiger partial charge in [0.1, 0.15) is 5.82 Å². The number of benzene rings is 1. The standard InChI is InChI=1S/C34H56FN5O6.C3H8.CH4O/c1-9-12-26(39(6)30(42)21-38-34(44)31(36-5)22(2)3)28(45-7)20-29(41)40-18-11-15-27(40)32(46-8)23(4)33(43)37-17-16-24-13-10-14-25(35)19-24;1-3-2;1-2/h10,13-14,19,22-23,26-28,31-32,36H,9,11-12,15-18,20-21H2,1-8H3,(H,37,43)(H,38,44);3H2,1-2H3;2H,1H3/t23?,26-,27?,28?,31?,32?;;/m0../s1. The summed E-state index contributed by atoms with van der Waals surface area (Å²) >= 11 is 0. The summed E-state index contributed by atoms with van der Waals surface area (Å²) in [4.78, 5) is 56.0. The summed E-state index contributed by atoms with van der Waals surface area (Å²) in [5.41, 5.74) is 0.795. The van der Waals surface area contributed by atoms with Crippen LogP contribution in [0.3, 0.4) is 0 Å². The van der Waals surface area contributed by atoms with Crippen molar-refractivity contribution in [3.8, 4) is 0 Å². The maximum Gasteiger partial charge on any atom is 0.242 e. The number of hydrogen-bond donors (Lipinski definition) is 4. The molecule has 13 heteroatoms. The molecule has 0 spiro atoms. The average molecular weight is 726 g/mol. The summed E-state index contributed by atoms with van der Waals surface area (Å²) in [7, 11) is 7.48. The monoisotopic (exact) mass is 726 g/mol. The Morgan fingerprint density at radius 1 is 1.04 bits per heavy atom. The second-order valence-corrected chi connectivity index (χ2v) is 13.2. The number of aliphatic hydroxyl groups excluding tert-OH is 1. The zero-order valence-electron chi connectivity index (χ0n) is 33.1. The number of halogens is 1. The fraction of sp³-hybridized carbons (Fsp3) is 0.737. The first-order valence-electron chi connectivity index (χ1n) is 18.3. The topological polar surface area (TPSA) is 150 Å². The third kappa shape index (κ3) is 16.0. The van der Waals surface area contributed by atoms with Crippen LogP contribution in [0.5, 0.6) is 0 Å². The van der Waals surface area contributed by atoms with Crippen LogP contribution in [0.15, 0.2) is 24.3 Å². The quantitative estimate of drug-likeness (QED) is 0.169. The largest absolute Gasteiger partial charge is 0.400 e. The van der Waals surface area contributed by atoms with Crippen LogP contribution in [0.4, 0.5) is 4.39 Å². The first-order chi connectivity index (χ1) is 24.3. The molecule has 0 aliphatic carbocycles. The molecule has 1 saturated heterocycles. The van der Waals surface area contributed by atoms with Gasteiger partial charge in [-0.3, -0.25) is 19.2 Å². The summed E-state index contributed by atoms with van der Waals surface area (Å²) in [6.07, 6.45) is 3.58. The predicted molar refractivity (Wildman–Crippen MR) is 199 cm³/mol. The molecule has 4 N–H and O–H groups in total. The fourth-order valence-corrected chi connectivity index (χ4v) is 6.41. The number of aliphatic hydroxyl groups is 1. The molecule has 1 fully saturated rings. The van der Waals surface area contributed by atoms with E-state index in [0.29, 0.717) is 32.4 Å². The molecular formula is C38H68FN5O7. The summed E-state index contributed by atoms with van der Waals surface area (Å²) < 4.78 is 25.1. The van der Waals surface area contributed by atoms with E-state index in [4.69, 9.17) is 14.6 Å². The Bertz CT molecular complexity index is 1160. The van der Waals surface area contributed by atoms with Crippen molar-refractivity contribution in [2.75, 3.05) is 55.1 Å². The van der Waals surface area contributed by atoms with Crippen molar-refractivity contribution in [2.24, 2.45) is 11.8 Å². The first kappa shape index (κ1) is 47.9. The lowest BCUT2D eigenvalue weighted by Crippen LogP contribution is -2.53. The molecule has 12 nitrogen and oxygen atoms in total. The van der Waals surface area contributed by atoms with Crippen LogP contribution in [0.25, 0.3) is 0 Å². The Hall–Kier alpha value is -3.13. The highest BCUT2D eigenvalue weighted by molar-refractivity contribution is 5.87. The summed E-state index contributed by atoms with van der Waals surface area (Å²) in [6, 6.07) is 5.21. The number of nitrogens with zero attached hydrogens (tertiary/aromatic N) is 2. The minimum absolute atomic E-state index is 0.0570. The first-order valence-corrected chi connectivity index (χ1v) is 18.3. The molecule has 1 aromatic carbocycles. The van der Waals surface area contributed by atoms with Gasteiger partial charge in [0.15, 0.2) is 0 Å². The van der Waals surface area contributed by atoms with Crippen molar-refractivity contribution >= 4 is 23.6 Å². The molecule has 0 saturated carbocycles. The number of likely N-dealkylation sites (N-methyl/N-ethyl adjacent to an activating group) is 2. The van der Waals surface area contributed by atoms with Gasteiger partial charge in [0.05, 0.1) is 49.2 Å². The maximum absolute atomic E-state index is 13.8. The normalized spacial score (nSPS) is 16.7. The summed E-state index contributed by atoms with van der Waals surface area (Å²) in [5, 5.41) is 15.6. The fourth-order valence-electron chi connectivity index (χ4n) is 6.41. The van der Waals surface area contributed by atoms with Crippen LogP contribution in [0.1, 0.15) is 85.6 Å². The number of ether oxygens (including phenoxy) is 2. The highest BCUT2D eigenvalue weighted by Gasteiger charge is 2.41. The molecule has 294 valence electrons. The van der Waals surface area contributed by atoms with Crippen LogP contribution in [-0.4, -0.2) is 124 Å². The Kier molecular flexibility index (Phi) is 25.0. The van der Waals surface area contributed by atoms with Gasteiger partial charge in [-0.15, -0.1) is 0 Å². The van der Waals surface area contributed by atoms with Gasteiger partial charge in [-0.25, -0.2) is 4.39 Å². The molecule has 51 heavy (non-hydrogen) atoms. The molecule has 1 heterocycles. The minimum atomic E-state index is -0.566. The van der Waals surface area contributed by atoms with Crippen LogP contribution in [0.2, 0.25) is 0 Å². The number of amides is 4. The van der Waals surface area contributed by atoms with Gasteiger partial charge in [-0.05, 0) is 56.3 Å². The number of nitrogens with one attached hydrogen (secondary N) is 3. The van der Waals surface area contributed by atoms with Gasteiger partial charge in [0.2, 0.25) is 23.6 Å². The van der Waals surface area contributed by atoms with E-state index < -0.39 is 24.2 Å². The van der Waals surface area contributed by atoms with E-state index in [-0.39, 0.29) is 60.4 Å². The van der Waals surface area contributed by atoms with Crippen molar-refractivity contribution in [1.82, 2.24) is 25.8 Å². The van der Waals surface area contributed by atoms with E-state index in [1.807, 2.05) is 26.8 Å². The molecule has 1 aliphatic rings. The minimum Gasteiger partial charge on any atom is -0.400 e. The average Bonchev–Trinajstić information content (AvgIpc) is 3.59. The van der Waals surface area contributed by atoms with Gasteiger partial charge in [-0.2, -0.15) is 0 Å². The molecule has 1 aromatic rings. The van der Waals surface area contributed by atoms with E-state index in [0.717, 1.165) is 25.5 Å². The Morgan fingerprint density at radius 2 is 1.69 bits per heavy atom. The van der Waals surface area contributed by atoms with Gasteiger partial charge >= 0.3 is 0 Å². The number of hydrogen-bond acceptors (Lipinski definition) is 8. The summed E-state index contributed by atoms with van der Waals surface area (Å²) in [6.45, 7) is 12.6. The lowest BCUT2D eigenvalue weighted by atomic mass is 9.94. The van der Waals surface area contributed by atoms with E-state index in [1.54, 1.807) is 44.0 Å². The Morgan fingerprint density at radius 3 is 2.22 bits per heavy atom. The Labute approximate surface area is 306 Å². The zero-order chi connectivity index (χ0) is 39.1. The molecule has 4 amide bonds. The third-order valence-electron chi connectivity index (χ3n) is 9.04. The smallest absolute Gasteiger partial charge is 0.242 e. The van der Waals surface area contributed by atoms with E-state index >= 15 is 0 Å². The predicted octanol–water partition coefficient (Wildman–Crippen LogP) is 3.54. The van der Waals surface area contributed by atoms with E-state index in [2.05, 4.69) is 29.8 Å². The number of likely N-dealkylation sites (tertiary alicyclic amines) is 1. The number of methoxy groups -OCH3 is 2. The molecule has 2 rings (SSSR count). The van der Waals surface area contributed by atoms with Crippen molar-refractivity contribution in [3.05, 3.63) is 35.6 Å². The molecular weight excluding hydrogens is 657 g/mol. The van der Waals surface area contributed by atoms with Gasteiger partial charge in [0, 0.05) is 41.5 Å². The lowest BCUT2D eigenvalue weighted by molar-refractivity contribution is -0.144.